The van der Waals surface area contributed by atoms with Gasteiger partial charge in [-0.25, -0.2) is 0 Å². The molecular formula is C21H20F3N9O2. The number of amidine groups is 1. The summed E-state index contributed by atoms with van der Waals surface area (Å²) in [6, 6.07) is 11.9. The Balaban J connectivity index is 1.67. The van der Waals surface area contributed by atoms with Crippen molar-refractivity contribution in [3.05, 3.63) is 72.4 Å². The maximum atomic E-state index is 12.2. The van der Waals surface area contributed by atoms with E-state index in [4.69, 9.17) is 16.0 Å². The molecule has 0 aliphatic carbocycles. The summed E-state index contributed by atoms with van der Waals surface area (Å²) in [4.78, 5) is 29.5. The zero-order valence-electron chi connectivity index (χ0n) is 18.3. The molecule has 1 aromatic carbocycles. The third-order valence-corrected chi connectivity index (χ3v) is 4.36. The lowest BCUT2D eigenvalue weighted by Crippen LogP contribution is -2.33. The highest BCUT2D eigenvalue weighted by atomic mass is 19.4. The number of anilines is 1. The molecule has 0 aliphatic rings. The molecule has 0 unspecified atom stereocenters. The first kappa shape index (κ1) is 24.9. The minimum Gasteiger partial charge on any atom is -0.380 e. The van der Waals surface area contributed by atoms with Crippen molar-refractivity contribution in [2.45, 2.75) is 6.18 Å². The summed E-state index contributed by atoms with van der Waals surface area (Å²) in [6.45, 7) is 2.39. The van der Waals surface area contributed by atoms with Crippen LogP contribution in [0.5, 0.6) is 0 Å². The molecule has 35 heavy (non-hydrogen) atoms. The van der Waals surface area contributed by atoms with Crippen LogP contribution >= 0.6 is 0 Å². The SMILES string of the molecule is C=C(/N=C(N)\N=C(/N)c1noc(-c2ccc(C(=O)NCC(F)(F)F)cn2)n1)N(C)c1ccccc1. The Bertz CT molecular complexity index is 1250. The highest BCUT2D eigenvalue weighted by molar-refractivity contribution is 6.02. The molecule has 11 nitrogen and oxygen atoms in total. The summed E-state index contributed by atoms with van der Waals surface area (Å²) in [6.07, 6.45) is -3.45. The first-order valence-corrected chi connectivity index (χ1v) is 9.85. The van der Waals surface area contributed by atoms with Crippen LogP contribution in [0.4, 0.5) is 18.9 Å². The van der Waals surface area contributed by atoms with Crippen LogP contribution in [0, 0.1) is 0 Å². The second kappa shape index (κ2) is 10.5. The predicted molar refractivity (Wildman–Crippen MR) is 122 cm³/mol. The lowest BCUT2D eigenvalue weighted by atomic mass is 10.2. The highest BCUT2D eigenvalue weighted by Crippen LogP contribution is 2.17. The second-order valence-electron chi connectivity index (χ2n) is 6.93. The summed E-state index contributed by atoms with van der Waals surface area (Å²) < 4.78 is 41.8. The number of benzene rings is 1. The summed E-state index contributed by atoms with van der Waals surface area (Å²) in [5.74, 6) is -1.19. The van der Waals surface area contributed by atoms with E-state index in [1.165, 1.54) is 12.1 Å². The Hall–Kier alpha value is -4.75. The van der Waals surface area contributed by atoms with Gasteiger partial charge in [0.2, 0.25) is 11.8 Å². The van der Waals surface area contributed by atoms with Crippen molar-refractivity contribution in [1.82, 2.24) is 20.4 Å². The largest absolute Gasteiger partial charge is 0.405 e. The molecule has 2 aromatic heterocycles. The predicted octanol–water partition coefficient (Wildman–Crippen LogP) is 2.05. The summed E-state index contributed by atoms with van der Waals surface area (Å²) >= 11 is 0. The molecule has 182 valence electrons. The number of alkyl halides is 3. The third-order valence-electron chi connectivity index (χ3n) is 4.36. The number of guanidine groups is 1. The number of carbonyl (C=O) groups is 1. The van der Waals surface area contributed by atoms with E-state index >= 15 is 0 Å². The Morgan fingerprint density at radius 2 is 1.89 bits per heavy atom. The molecule has 5 N–H and O–H groups in total. The van der Waals surface area contributed by atoms with Crippen molar-refractivity contribution >= 4 is 23.4 Å². The summed E-state index contributed by atoms with van der Waals surface area (Å²) in [7, 11) is 1.76. The lowest BCUT2D eigenvalue weighted by Gasteiger charge is -2.18. The number of rotatable bonds is 7. The summed E-state index contributed by atoms with van der Waals surface area (Å²) in [5.41, 5.74) is 12.6. The zero-order chi connectivity index (χ0) is 25.6. The number of nitrogens with one attached hydrogen (secondary N) is 1. The first-order chi connectivity index (χ1) is 16.5. The number of aromatic nitrogens is 3. The maximum absolute atomic E-state index is 12.2. The van der Waals surface area contributed by atoms with Gasteiger partial charge in [-0.15, -0.1) is 0 Å². The van der Waals surface area contributed by atoms with E-state index in [0.717, 1.165) is 11.9 Å². The van der Waals surface area contributed by atoms with Gasteiger partial charge in [0, 0.05) is 18.9 Å². The smallest absolute Gasteiger partial charge is 0.380 e. The Morgan fingerprint density at radius 3 is 2.51 bits per heavy atom. The minimum atomic E-state index is -4.52. The number of hydrogen-bond acceptors (Lipinski definition) is 7. The first-order valence-electron chi connectivity index (χ1n) is 9.85. The lowest BCUT2D eigenvalue weighted by molar-refractivity contribution is -0.123. The van der Waals surface area contributed by atoms with E-state index in [-0.39, 0.29) is 34.8 Å². The molecule has 0 bridgehead atoms. The monoisotopic (exact) mass is 487 g/mol. The van der Waals surface area contributed by atoms with Gasteiger partial charge in [0.25, 0.3) is 11.8 Å². The number of nitrogens with zero attached hydrogens (tertiary/aromatic N) is 6. The molecule has 0 saturated heterocycles. The van der Waals surface area contributed by atoms with Gasteiger partial charge >= 0.3 is 6.18 Å². The fourth-order valence-corrected chi connectivity index (χ4v) is 2.58. The molecule has 3 aromatic rings. The average Bonchev–Trinajstić information content (AvgIpc) is 3.32. The van der Waals surface area contributed by atoms with Gasteiger partial charge in [-0.1, -0.05) is 29.9 Å². The van der Waals surface area contributed by atoms with E-state index in [1.807, 2.05) is 30.3 Å². The van der Waals surface area contributed by atoms with Crippen molar-refractivity contribution in [3.63, 3.8) is 0 Å². The van der Waals surface area contributed by atoms with Gasteiger partial charge in [-0.2, -0.15) is 28.1 Å². The molecule has 0 aliphatic heterocycles. The van der Waals surface area contributed by atoms with Crippen molar-refractivity contribution in [3.8, 4) is 11.6 Å². The molecular weight excluding hydrogens is 467 g/mol. The Kier molecular flexibility index (Phi) is 7.43. The molecule has 2 heterocycles. The van der Waals surface area contributed by atoms with Crippen LogP contribution in [0.25, 0.3) is 11.6 Å². The van der Waals surface area contributed by atoms with E-state index in [0.29, 0.717) is 5.82 Å². The number of para-hydroxylation sites is 1. The normalized spacial score (nSPS) is 12.3. The molecule has 0 saturated carbocycles. The van der Waals surface area contributed by atoms with E-state index in [9.17, 15) is 18.0 Å². The van der Waals surface area contributed by atoms with Crippen molar-refractivity contribution < 1.29 is 22.5 Å². The molecule has 0 atom stereocenters. The number of carbonyl (C=O) groups excluding carboxylic acids is 1. The highest BCUT2D eigenvalue weighted by Gasteiger charge is 2.28. The maximum Gasteiger partial charge on any atom is 0.405 e. The number of aliphatic imine (C=N–C) groups is 2. The number of amides is 1. The van der Waals surface area contributed by atoms with Crippen molar-refractivity contribution in [1.29, 1.82) is 0 Å². The quantitative estimate of drug-likeness (QED) is 0.337. The second-order valence-corrected chi connectivity index (χ2v) is 6.93. The Morgan fingerprint density at radius 1 is 1.17 bits per heavy atom. The van der Waals surface area contributed by atoms with E-state index < -0.39 is 18.6 Å². The van der Waals surface area contributed by atoms with Gasteiger partial charge in [0.15, 0.2) is 5.84 Å². The van der Waals surface area contributed by atoms with Gasteiger partial charge < -0.3 is 26.2 Å². The molecule has 0 radical (unpaired) electrons. The van der Waals surface area contributed by atoms with E-state index in [2.05, 4.69) is 31.7 Å². The van der Waals surface area contributed by atoms with Crippen LogP contribution in [-0.2, 0) is 0 Å². The third kappa shape index (κ3) is 6.86. The Labute approximate surface area is 197 Å². The molecule has 14 heteroatoms. The van der Waals surface area contributed by atoms with Crippen LogP contribution in [0.15, 0.2) is 75.6 Å². The van der Waals surface area contributed by atoms with Crippen LogP contribution < -0.4 is 21.7 Å². The molecule has 0 spiro atoms. The number of hydrogen-bond donors (Lipinski definition) is 3. The minimum absolute atomic E-state index is 0.0656. The number of nitrogens with two attached hydrogens (primary N) is 2. The number of halogens is 3. The van der Waals surface area contributed by atoms with Crippen LogP contribution in [0.3, 0.4) is 0 Å². The van der Waals surface area contributed by atoms with Crippen LogP contribution in [-0.4, -0.2) is 52.6 Å². The van der Waals surface area contributed by atoms with Crippen molar-refractivity contribution in [2.24, 2.45) is 21.5 Å². The van der Waals surface area contributed by atoms with Crippen LogP contribution in [0.2, 0.25) is 0 Å². The fourth-order valence-electron chi connectivity index (χ4n) is 2.58. The topological polar surface area (TPSA) is 161 Å². The molecule has 0 fully saturated rings. The van der Waals surface area contributed by atoms with Gasteiger partial charge in [0.1, 0.15) is 18.1 Å². The van der Waals surface area contributed by atoms with Crippen LogP contribution in [0.1, 0.15) is 16.2 Å². The average molecular weight is 487 g/mol. The van der Waals surface area contributed by atoms with Gasteiger partial charge in [-0.05, 0) is 24.3 Å². The molecule has 3 rings (SSSR count). The van der Waals surface area contributed by atoms with Gasteiger partial charge in [0.05, 0.1) is 5.56 Å². The fraction of sp³-hybridized carbons (Fsp3) is 0.143. The van der Waals surface area contributed by atoms with E-state index in [1.54, 1.807) is 17.3 Å². The molecule has 1 amide bonds. The zero-order valence-corrected chi connectivity index (χ0v) is 18.3. The number of pyridine rings is 1. The summed E-state index contributed by atoms with van der Waals surface area (Å²) in [5, 5.41) is 5.44. The van der Waals surface area contributed by atoms with Crippen molar-refractivity contribution in [2.75, 3.05) is 18.5 Å². The standard InChI is InChI=1S/C21H20F3N9O2/c1-12(33(2)14-6-4-3-5-7-14)29-20(26)30-16(25)17-31-19(35-32-17)15-9-8-13(10-27-15)18(34)28-11-21(22,23)24/h3-10H,1,11H2,2H3,(H,28,34)(H4,25,26,29,30). The van der Waals surface area contributed by atoms with Gasteiger partial charge in [-0.3, -0.25) is 9.78 Å².